The van der Waals surface area contributed by atoms with Crippen molar-refractivity contribution in [1.82, 2.24) is 4.90 Å². The number of ether oxygens (including phenoxy) is 1. The second-order valence-electron chi connectivity index (χ2n) is 4.90. The van der Waals surface area contributed by atoms with Crippen LogP contribution in [-0.2, 0) is 4.74 Å². The molecule has 1 aliphatic carbocycles. The number of hydrogen-bond donors (Lipinski definition) is 0. The summed E-state index contributed by atoms with van der Waals surface area (Å²) >= 11 is 0. The number of fused-ring (bicyclic) bond motifs is 1. The molecule has 1 heterocycles. The molecule has 3 unspecified atom stereocenters. The Balaban J connectivity index is 1.82. The first-order valence-corrected chi connectivity index (χ1v) is 6.13. The minimum absolute atomic E-state index is 0.553. The molecule has 0 N–H and O–H groups in total. The predicted molar refractivity (Wildman–Crippen MR) is 58.4 cm³/mol. The second-order valence-corrected chi connectivity index (χ2v) is 4.90. The Hall–Kier alpha value is -0.0800. The molecule has 3 atom stereocenters. The molecule has 14 heavy (non-hydrogen) atoms. The normalized spacial score (nSPS) is 38.6. The molecular formula is C12H23NO. The quantitative estimate of drug-likeness (QED) is 0.688. The average molecular weight is 197 g/mol. The third-order valence-corrected chi connectivity index (χ3v) is 3.88. The monoisotopic (exact) mass is 197 g/mol. The van der Waals surface area contributed by atoms with E-state index in [1.165, 1.54) is 32.2 Å². The smallest absolute Gasteiger partial charge is 0.0590 e. The van der Waals surface area contributed by atoms with E-state index in [-0.39, 0.29) is 0 Å². The summed E-state index contributed by atoms with van der Waals surface area (Å²) in [7, 11) is 2.27. The molecule has 0 aromatic carbocycles. The summed E-state index contributed by atoms with van der Waals surface area (Å²) in [5.41, 5.74) is 0. The van der Waals surface area contributed by atoms with Crippen molar-refractivity contribution in [2.45, 2.75) is 51.2 Å². The van der Waals surface area contributed by atoms with Crippen molar-refractivity contribution in [2.75, 3.05) is 20.2 Å². The molecule has 0 amide bonds. The van der Waals surface area contributed by atoms with Crippen LogP contribution in [0.3, 0.4) is 0 Å². The summed E-state index contributed by atoms with van der Waals surface area (Å²) in [5, 5.41) is 0. The van der Waals surface area contributed by atoms with Gasteiger partial charge in [0.25, 0.3) is 0 Å². The molecule has 0 radical (unpaired) electrons. The Morgan fingerprint density at radius 3 is 2.93 bits per heavy atom. The minimum atomic E-state index is 0.553. The van der Waals surface area contributed by atoms with Crippen LogP contribution in [0, 0.1) is 5.92 Å². The molecule has 2 aliphatic rings. The van der Waals surface area contributed by atoms with E-state index in [9.17, 15) is 0 Å². The first-order valence-electron chi connectivity index (χ1n) is 6.13. The summed E-state index contributed by atoms with van der Waals surface area (Å²) in [6.07, 6.45) is 7.10. The minimum Gasteiger partial charge on any atom is -0.378 e. The lowest BCUT2D eigenvalue weighted by molar-refractivity contribution is 0.000327. The number of nitrogens with zero attached hydrogens (tertiary/aromatic N) is 1. The van der Waals surface area contributed by atoms with Crippen LogP contribution in [0.25, 0.3) is 0 Å². The Morgan fingerprint density at radius 2 is 2.14 bits per heavy atom. The molecule has 1 saturated carbocycles. The van der Waals surface area contributed by atoms with Crippen LogP contribution in [0.15, 0.2) is 0 Å². The predicted octanol–water partition coefficient (Wildman–Crippen LogP) is 2.29. The fourth-order valence-electron chi connectivity index (χ4n) is 3.02. The number of likely N-dealkylation sites (tertiary alicyclic amines) is 1. The van der Waals surface area contributed by atoms with Crippen LogP contribution in [0.4, 0.5) is 0 Å². The van der Waals surface area contributed by atoms with Gasteiger partial charge in [0.05, 0.1) is 6.10 Å². The van der Waals surface area contributed by atoms with Gasteiger partial charge in [-0.2, -0.15) is 0 Å². The maximum atomic E-state index is 5.86. The molecule has 1 aliphatic heterocycles. The highest BCUT2D eigenvalue weighted by molar-refractivity contribution is 4.91. The van der Waals surface area contributed by atoms with Gasteiger partial charge >= 0.3 is 0 Å². The van der Waals surface area contributed by atoms with E-state index in [1.54, 1.807) is 0 Å². The first-order chi connectivity index (χ1) is 6.81. The van der Waals surface area contributed by atoms with Crippen LogP contribution < -0.4 is 0 Å². The van der Waals surface area contributed by atoms with Crippen LogP contribution in [-0.4, -0.2) is 37.2 Å². The van der Waals surface area contributed by atoms with E-state index in [4.69, 9.17) is 4.74 Å². The van der Waals surface area contributed by atoms with Gasteiger partial charge in [-0.05, 0) is 51.6 Å². The molecule has 2 nitrogen and oxygen atoms in total. The highest BCUT2D eigenvalue weighted by Crippen LogP contribution is 2.36. The molecule has 0 bridgehead atoms. The third-order valence-electron chi connectivity index (χ3n) is 3.88. The van der Waals surface area contributed by atoms with Crippen molar-refractivity contribution in [1.29, 1.82) is 0 Å². The lowest BCUT2D eigenvalue weighted by Gasteiger charge is -2.34. The molecule has 2 rings (SSSR count). The largest absolute Gasteiger partial charge is 0.378 e. The molecular weight excluding hydrogens is 174 g/mol. The molecule has 2 fully saturated rings. The van der Waals surface area contributed by atoms with Gasteiger partial charge in [0, 0.05) is 12.6 Å². The summed E-state index contributed by atoms with van der Waals surface area (Å²) in [4.78, 5) is 2.53. The van der Waals surface area contributed by atoms with Gasteiger partial charge in [-0.25, -0.2) is 0 Å². The molecule has 0 aromatic rings. The standard InChI is InChI=1S/C12H23NO/c1-3-8-14-11-5-4-10-6-7-13(2)12(10)9-11/h10-12H,3-9H2,1-2H3. The Labute approximate surface area is 87.6 Å². The van der Waals surface area contributed by atoms with Crippen LogP contribution in [0.1, 0.15) is 39.0 Å². The van der Waals surface area contributed by atoms with Gasteiger partial charge in [0.1, 0.15) is 0 Å². The Kier molecular flexibility index (Phi) is 3.45. The van der Waals surface area contributed by atoms with Gasteiger partial charge < -0.3 is 9.64 Å². The van der Waals surface area contributed by atoms with E-state index < -0.39 is 0 Å². The van der Waals surface area contributed by atoms with Crippen molar-refractivity contribution >= 4 is 0 Å². The number of rotatable bonds is 3. The van der Waals surface area contributed by atoms with Crippen LogP contribution >= 0.6 is 0 Å². The molecule has 1 saturated heterocycles. The zero-order chi connectivity index (χ0) is 9.97. The lowest BCUT2D eigenvalue weighted by Crippen LogP contribution is -2.38. The summed E-state index contributed by atoms with van der Waals surface area (Å²) < 4.78 is 5.86. The zero-order valence-corrected chi connectivity index (χ0v) is 9.54. The van der Waals surface area contributed by atoms with Gasteiger partial charge in [-0.15, -0.1) is 0 Å². The van der Waals surface area contributed by atoms with Gasteiger partial charge in [0.15, 0.2) is 0 Å². The first kappa shape index (κ1) is 10.4. The second kappa shape index (κ2) is 4.63. The van der Waals surface area contributed by atoms with E-state index in [0.29, 0.717) is 6.10 Å². The molecule has 2 heteroatoms. The van der Waals surface area contributed by atoms with Crippen molar-refractivity contribution in [3.63, 3.8) is 0 Å². The van der Waals surface area contributed by atoms with Crippen molar-refractivity contribution in [2.24, 2.45) is 5.92 Å². The van der Waals surface area contributed by atoms with Crippen LogP contribution in [0.2, 0.25) is 0 Å². The van der Waals surface area contributed by atoms with Gasteiger partial charge in [-0.1, -0.05) is 6.92 Å². The van der Waals surface area contributed by atoms with Crippen molar-refractivity contribution in [3.8, 4) is 0 Å². The van der Waals surface area contributed by atoms with Crippen molar-refractivity contribution in [3.05, 3.63) is 0 Å². The summed E-state index contributed by atoms with van der Waals surface area (Å²) in [6.45, 7) is 4.44. The van der Waals surface area contributed by atoms with Gasteiger partial charge in [0.2, 0.25) is 0 Å². The third kappa shape index (κ3) is 2.12. The Morgan fingerprint density at radius 1 is 1.29 bits per heavy atom. The van der Waals surface area contributed by atoms with Gasteiger partial charge in [-0.3, -0.25) is 0 Å². The summed E-state index contributed by atoms with van der Waals surface area (Å²) in [5.74, 6) is 0.974. The SMILES string of the molecule is CCCOC1CCC2CCN(C)C2C1. The topological polar surface area (TPSA) is 12.5 Å². The van der Waals surface area contributed by atoms with Crippen LogP contribution in [0.5, 0.6) is 0 Å². The molecule has 0 aromatic heterocycles. The Bertz CT molecular complexity index is 183. The van der Waals surface area contributed by atoms with E-state index in [2.05, 4.69) is 18.9 Å². The maximum absolute atomic E-state index is 5.86. The lowest BCUT2D eigenvalue weighted by atomic mass is 9.83. The maximum Gasteiger partial charge on any atom is 0.0590 e. The fraction of sp³-hybridized carbons (Fsp3) is 1.00. The number of hydrogen-bond acceptors (Lipinski definition) is 2. The molecule has 82 valence electrons. The van der Waals surface area contributed by atoms with E-state index in [0.717, 1.165) is 25.0 Å². The van der Waals surface area contributed by atoms with E-state index >= 15 is 0 Å². The highest BCUT2D eigenvalue weighted by atomic mass is 16.5. The molecule has 0 spiro atoms. The average Bonchev–Trinajstić information content (AvgIpc) is 2.57. The summed E-state index contributed by atoms with van der Waals surface area (Å²) in [6, 6.07) is 0.825. The highest BCUT2D eigenvalue weighted by Gasteiger charge is 2.37. The van der Waals surface area contributed by atoms with Crippen molar-refractivity contribution < 1.29 is 4.74 Å². The fourth-order valence-corrected chi connectivity index (χ4v) is 3.02. The zero-order valence-electron chi connectivity index (χ0n) is 9.54. The van der Waals surface area contributed by atoms with E-state index in [1.807, 2.05) is 0 Å².